The molecule has 0 radical (unpaired) electrons. The topological polar surface area (TPSA) is 105 Å². The number of fused-ring (bicyclic) bond motifs is 3. The number of H-pyrrole nitrogens is 1. The van der Waals surface area contributed by atoms with Gasteiger partial charge in [-0.1, -0.05) is 18.2 Å². The molecule has 2 unspecified atom stereocenters. The first-order valence-electron chi connectivity index (χ1n) is 11.0. The zero-order chi connectivity index (χ0) is 21.5. The maximum absolute atomic E-state index is 12.8. The van der Waals surface area contributed by atoms with Gasteiger partial charge in [-0.25, -0.2) is 15.0 Å². The van der Waals surface area contributed by atoms with Crippen LogP contribution in [0.3, 0.4) is 0 Å². The largest absolute Gasteiger partial charge is 0.356 e. The number of hydrogen-bond acceptors (Lipinski definition) is 6. The molecule has 1 amide bonds. The molecule has 6 rings (SSSR count). The van der Waals surface area contributed by atoms with Gasteiger partial charge in [-0.3, -0.25) is 9.89 Å². The Labute approximate surface area is 184 Å². The SMILES string of the molecule is O=C(NCCC1CN(c2ncnc3[nH]ncc23)c2ccccc21)C1CCn2cncc2C1. The van der Waals surface area contributed by atoms with Gasteiger partial charge in [-0.15, -0.1) is 0 Å². The van der Waals surface area contributed by atoms with Crippen LogP contribution in [0.5, 0.6) is 0 Å². The molecule has 32 heavy (non-hydrogen) atoms. The van der Waals surface area contributed by atoms with Gasteiger partial charge in [0.05, 0.1) is 17.9 Å². The quantitative estimate of drug-likeness (QED) is 0.506. The predicted molar refractivity (Wildman–Crippen MR) is 120 cm³/mol. The molecule has 162 valence electrons. The third-order valence-corrected chi connectivity index (χ3v) is 6.69. The van der Waals surface area contributed by atoms with Gasteiger partial charge in [0.1, 0.15) is 12.1 Å². The number of hydrogen-bond donors (Lipinski definition) is 2. The summed E-state index contributed by atoms with van der Waals surface area (Å²) >= 11 is 0. The zero-order valence-electron chi connectivity index (χ0n) is 17.6. The Hall–Kier alpha value is -3.75. The van der Waals surface area contributed by atoms with Crippen LogP contribution >= 0.6 is 0 Å². The minimum atomic E-state index is 0.0296. The number of benzene rings is 1. The molecule has 2 N–H and O–H groups in total. The highest BCUT2D eigenvalue weighted by molar-refractivity contribution is 5.90. The highest BCUT2D eigenvalue weighted by Gasteiger charge is 2.31. The van der Waals surface area contributed by atoms with Gasteiger partial charge in [0, 0.05) is 55.5 Å². The fourth-order valence-electron chi connectivity index (χ4n) is 5.02. The van der Waals surface area contributed by atoms with Gasteiger partial charge in [-0.05, 0) is 24.5 Å². The molecule has 1 aromatic carbocycles. The van der Waals surface area contributed by atoms with Gasteiger partial charge >= 0.3 is 0 Å². The number of rotatable bonds is 5. The number of aromatic amines is 1. The lowest BCUT2D eigenvalue weighted by Crippen LogP contribution is -2.36. The van der Waals surface area contributed by atoms with Crippen molar-refractivity contribution < 1.29 is 4.79 Å². The number of amides is 1. The number of carbonyl (C=O) groups is 1. The molecule has 2 aliphatic heterocycles. The predicted octanol–water partition coefficient (Wildman–Crippen LogP) is 2.55. The van der Waals surface area contributed by atoms with Crippen LogP contribution in [0, 0.1) is 5.92 Å². The van der Waals surface area contributed by atoms with E-state index in [1.54, 1.807) is 12.5 Å². The summed E-state index contributed by atoms with van der Waals surface area (Å²) in [7, 11) is 0. The second-order valence-electron chi connectivity index (χ2n) is 8.54. The second kappa shape index (κ2) is 7.74. The van der Waals surface area contributed by atoms with Crippen molar-refractivity contribution in [1.82, 2.24) is 35.0 Å². The van der Waals surface area contributed by atoms with E-state index in [4.69, 9.17) is 0 Å². The van der Waals surface area contributed by atoms with E-state index < -0.39 is 0 Å². The molecule has 0 bridgehead atoms. The van der Waals surface area contributed by atoms with Gasteiger partial charge in [0.15, 0.2) is 5.65 Å². The molecular weight excluding hydrogens is 404 g/mol. The minimum absolute atomic E-state index is 0.0296. The van der Waals surface area contributed by atoms with Gasteiger partial charge < -0.3 is 14.8 Å². The number of nitrogens with zero attached hydrogens (tertiary/aromatic N) is 6. The van der Waals surface area contributed by atoms with Crippen LogP contribution in [-0.4, -0.2) is 48.7 Å². The summed E-state index contributed by atoms with van der Waals surface area (Å²) in [6.07, 6.45) is 9.57. The van der Waals surface area contributed by atoms with E-state index in [0.717, 1.165) is 60.6 Å². The lowest BCUT2D eigenvalue weighted by atomic mass is 9.94. The average Bonchev–Trinajstić information content (AvgIpc) is 3.56. The maximum Gasteiger partial charge on any atom is 0.223 e. The van der Waals surface area contributed by atoms with Crippen LogP contribution in [0.2, 0.25) is 0 Å². The number of aryl methyl sites for hydroxylation is 1. The lowest BCUT2D eigenvalue weighted by Gasteiger charge is -2.23. The second-order valence-corrected chi connectivity index (χ2v) is 8.54. The first-order valence-corrected chi connectivity index (χ1v) is 11.0. The van der Waals surface area contributed by atoms with Crippen molar-refractivity contribution in [3.63, 3.8) is 0 Å². The molecular formula is C23H24N8O. The molecule has 3 aromatic heterocycles. The van der Waals surface area contributed by atoms with E-state index in [2.05, 4.69) is 64.2 Å². The third kappa shape index (κ3) is 3.21. The van der Waals surface area contributed by atoms with E-state index in [1.807, 2.05) is 12.5 Å². The van der Waals surface area contributed by atoms with Crippen LogP contribution in [0.4, 0.5) is 11.5 Å². The van der Waals surface area contributed by atoms with Gasteiger partial charge in [0.2, 0.25) is 5.91 Å². The van der Waals surface area contributed by atoms with Crippen molar-refractivity contribution in [2.24, 2.45) is 5.92 Å². The number of nitrogens with one attached hydrogen (secondary N) is 2. The van der Waals surface area contributed by atoms with Gasteiger partial charge in [0.25, 0.3) is 0 Å². The minimum Gasteiger partial charge on any atom is -0.356 e. The summed E-state index contributed by atoms with van der Waals surface area (Å²) in [6, 6.07) is 8.44. The monoisotopic (exact) mass is 428 g/mol. The summed E-state index contributed by atoms with van der Waals surface area (Å²) in [5, 5.41) is 11.1. The molecule has 5 heterocycles. The molecule has 9 heteroatoms. The normalized spacial score (nSPS) is 19.7. The summed E-state index contributed by atoms with van der Waals surface area (Å²) < 4.78 is 2.14. The Morgan fingerprint density at radius 3 is 3.12 bits per heavy atom. The molecule has 0 aliphatic carbocycles. The fraction of sp³-hybridized carbons (Fsp3) is 0.348. The number of imidazole rings is 1. The van der Waals surface area contributed by atoms with Crippen LogP contribution in [0.15, 0.2) is 49.3 Å². The summed E-state index contributed by atoms with van der Waals surface area (Å²) in [5.41, 5.74) is 4.33. The highest BCUT2D eigenvalue weighted by Crippen LogP contribution is 2.42. The zero-order valence-corrected chi connectivity index (χ0v) is 17.6. The lowest BCUT2D eigenvalue weighted by molar-refractivity contribution is -0.125. The molecule has 4 aromatic rings. The van der Waals surface area contributed by atoms with E-state index in [-0.39, 0.29) is 11.8 Å². The summed E-state index contributed by atoms with van der Waals surface area (Å²) in [5.74, 6) is 1.36. The number of aromatic nitrogens is 6. The first-order chi connectivity index (χ1) is 15.8. The molecule has 2 atom stereocenters. The fourth-order valence-corrected chi connectivity index (χ4v) is 5.02. The van der Waals surface area contributed by atoms with Crippen LogP contribution in [-0.2, 0) is 17.8 Å². The molecule has 0 saturated heterocycles. The Balaban J connectivity index is 1.14. The van der Waals surface area contributed by atoms with Crippen LogP contribution < -0.4 is 10.2 Å². The number of anilines is 2. The van der Waals surface area contributed by atoms with Crippen molar-refractivity contribution in [2.75, 3.05) is 18.0 Å². The Morgan fingerprint density at radius 2 is 2.16 bits per heavy atom. The molecule has 0 fully saturated rings. The standard InChI is InChI=1S/C23H24N8O/c32-23(15-6-8-30-14-24-10-17(30)9-15)25-7-5-16-12-31(20-4-2-1-3-18(16)20)22-19-11-28-29-21(19)26-13-27-22/h1-4,10-11,13-16H,5-9,12H2,(H,25,32)(H,26,27,28,29). The van der Waals surface area contributed by atoms with E-state index in [1.165, 1.54) is 5.56 Å². The smallest absolute Gasteiger partial charge is 0.223 e. The maximum atomic E-state index is 12.8. The summed E-state index contributed by atoms with van der Waals surface area (Å²) in [6.45, 7) is 2.33. The Kier molecular flexibility index (Phi) is 4.59. The van der Waals surface area contributed by atoms with Gasteiger partial charge in [-0.2, -0.15) is 5.10 Å². The Bertz CT molecular complexity index is 1280. The number of para-hydroxylation sites is 1. The number of carbonyl (C=O) groups excluding carboxylic acids is 1. The summed E-state index contributed by atoms with van der Waals surface area (Å²) in [4.78, 5) is 28.0. The first kappa shape index (κ1) is 19.0. The Morgan fingerprint density at radius 1 is 1.22 bits per heavy atom. The van der Waals surface area contributed by atoms with Crippen molar-refractivity contribution in [2.45, 2.75) is 31.7 Å². The van der Waals surface area contributed by atoms with E-state index in [9.17, 15) is 4.79 Å². The molecule has 9 nitrogen and oxygen atoms in total. The van der Waals surface area contributed by atoms with Crippen LogP contribution in [0.1, 0.15) is 30.0 Å². The van der Waals surface area contributed by atoms with Crippen molar-refractivity contribution in [3.05, 3.63) is 60.6 Å². The van der Waals surface area contributed by atoms with Crippen molar-refractivity contribution in [1.29, 1.82) is 0 Å². The van der Waals surface area contributed by atoms with E-state index in [0.29, 0.717) is 12.5 Å². The third-order valence-electron chi connectivity index (χ3n) is 6.69. The molecule has 2 aliphatic rings. The van der Waals surface area contributed by atoms with Crippen molar-refractivity contribution in [3.8, 4) is 0 Å². The highest BCUT2D eigenvalue weighted by atomic mass is 16.1. The van der Waals surface area contributed by atoms with E-state index >= 15 is 0 Å². The van der Waals surface area contributed by atoms with Crippen molar-refractivity contribution >= 4 is 28.4 Å². The van der Waals surface area contributed by atoms with Crippen LogP contribution in [0.25, 0.3) is 11.0 Å². The average molecular weight is 429 g/mol. The molecule has 0 spiro atoms. The molecule has 0 saturated carbocycles.